The van der Waals surface area contributed by atoms with E-state index in [4.69, 9.17) is 22.1 Å². The lowest BCUT2D eigenvalue weighted by molar-refractivity contribution is 0.292. The number of hydrogen-bond donors (Lipinski definition) is 1. The molecule has 1 aromatic carbocycles. The van der Waals surface area contributed by atoms with Gasteiger partial charge in [0.05, 0.1) is 11.6 Å². The van der Waals surface area contributed by atoms with Crippen LogP contribution in [0.25, 0.3) is 0 Å². The number of halogens is 1. The number of hydrogen-bond acceptors (Lipinski definition) is 2. The van der Waals surface area contributed by atoms with Crippen LogP contribution in [0.2, 0.25) is 5.02 Å². The number of ether oxygens (including phenoxy) is 1. The van der Waals surface area contributed by atoms with E-state index in [1.54, 1.807) is 0 Å². The van der Waals surface area contributed by atoms with Gasteiger partial charge in [0.15, 0.2) is 0 Å². The molecule has 2 nitrogen and oxygen atoms in total. The van der Waals surface area contributed by atoms with Crippen molar-refractivity contribution in [1.29, 1.82) is 0 Å². The highest BCUT2D eigenvalue weighted by Gasteiger charge is 2.26. The fraction of sp³-hybridized carbons (Fsp3) is 0.647. The maximum absolute atomic E-state index is 6.46. The zero-order chi connectivity index (χ0) is 14.9. The summed E-state index contributed by atoms with van der Waals surface area (Å²) in [7, 11) is 0. The standard InChI is InChI=1S/C17H26ClNO/c1-11(19)7-13-8-14(17(2,3)4)16(15(18)9-13)20-10-12-5-6-12/h8-9,11-12H,5-7,10,19H2,1-4H3. The maximum atomic E-state index is 6.46. The fourth-order valence-corrected chi connectivity index (χ4v) is 2.63. The second-order valence-corrected chi connectivity index (χ2v) is 7.55. The van der Waals surface area contributed by atoms with E-state index < -0.39 is 0 Å². The zero-order valence-electron chi connectivity index (χ0n) is 13.0. The quantitative estimate of drug-likeness (QED) is 0.878. The van der Waals surface area contributed by atoms with E-state index in [2.05, 4.69) is 26.8 Å². The van der Waals surface area contributed by atoms with Crippen LogP contribution in [0.4, 0.5) is 0 Å². The lowest BCUT2D eigenvalue weighted by atomic mass is 9.84. The van der Waals surface area contributed by atoms with Crippen molar-refractivity contribution in [1.82, 2.24) is 0 Å². The highest BCUT2D eigenvalue weighted by Crippen LogP contribution is 2.39. The molecular formula is C17H26ClNO. The summed E-state index contributed by atoms with van der Waals surface area (Å²) in [5.41, 5.74) is 8.28. The average Bonchev–Trinajstić information content (AvgIpc) is 3.08. The minimum atomic E-state index is 0.0103. The van der Waals surface area contributed by atoms with Gasteiger partial charge >= 0.3 is 0 Å². The van der Waals surface area contributed by atoms with Crippen LogP contribution in [0.3, 0.4) is 0 Å². The highest BCUT2D eigenvalue weighted by molar-refractivity contribution is 6.32. The molecule has 1 aromatic rings. The van der Waals surface area contributed by atoms with Gasteiger partial charge < -0.3 is 10.5 Å². The average molecular weight is 296 g/mol. The number of nitrogens with two attached hydrogens (primary N) is 1. The highest BCUT2D eigenvalue weighted by atomic mass is 35.5. The van der Waals surface area contributed by atoms with Crippen molar-refractivity contribution in [2.24, 2.45) is 11.7 Å². The van der Waals surface area contributed by atoms with Crippen LogP contribution < -0.4 is 10.5 Å². The molecular weight excluding hydrogens is 270 g/mol. The normalized spacial score (nSPS) is 17.1. The van der Waals surface area contributed by atoms with Gasteiger partial charge in [-0.05, 0) is 49.1 Å². The van der Waals surface area contributed by atoms with Crippen LogP contribution in [0, 0.1) is 5.92 Å². The zero-order valence-corrected chi connectivity index (χ0v) is 13.8. The van der Waals surface area contributed by atoms with Crippen molar-refractivity contribution in [2.75, 3.05) is 6.61 Å². The molecule has 0 bridgehead atoms. The Bertz CT molecular complexity index is 473. The first-order valence-electron chi connectivity index (χ1n) is 7.48. The lowest BCUT2D eigenvalue weighted by Crippen LogP contribution is -2.19. The molecule has 112 valence electrons. The smallest absolute Gasteiger partial charge is 0.141 e. The van der Waals surface area contributed by atoms with Crippen LogP contribution in [0.5, 0.6) is 5.75 Å². The molecule has 1 atom stereocenters. The largest absolute Gasteiger partial charge is 0.491 e. The maximum Gasteiger partial charge on any atom is 0.141 e. The van der Waals surface area contributed by atoms with Crippen LogP contribution in [-0.4, -0.2) is 12.6 Å². The summed E-state index contributed by atoms with van der Waals surface area (Å²) in [6.45, 7) is 9.38. The van der Waals surface area contributed by atoms with Crippen molar-refractivity contribution in [3.8, 4) is 5.75 Å². The molecule has 1 aliphatic carbocycles. The van der Waals surface area contributed by atoms with Crippen molar-refractivity contribution in [3.05, 3.63) is 28.3 Å². The van der Waals surface area contributed by atoms with Gasteiger partial charge in [-0.3, -0.25) is 0 Å². The Hall–Kier alpha value is -0.730. The molecule has 0 spiro atoms. The molecule has 0 heterocycles. The lowest BCUT2D eigenvalue weighted by Gasteiger charge is -2.25. The third kappa shape index (κ3) is 4.13. The van der Waals surface area contributed by atoms with Gasteiger partial charge in [-0.25, -0.2) is 0 Å². The summed E-state index contributed by atoms with van der Waals surface area (Å²) >= 11 is 6.46. The molecule has 20 heavy (non-hydrogen) atoms. The minimum Gasteiger partial charge on any atom is -0.491 e. The first-order valence-corrected chi connectivity index (χ1v) is 7.86. The summed E-state index contributed by atoms with van der Waals surface area (Å²) < 4.78 is 6.02. The van der Waals surface area contributed by atoms with Crippen LogP contribution in [0.15, 0.2) is 12.1 Å². The molecule has 0 aromatic heterocycles. The third-order valence-corrected chi connectivity index (χ3v) is 3.91. The van der Waals surface area contributed by atoms with E-state index in [-0.39, 0.29) is 11.5 Å². The second-order valence-electron chi connectivity index (χ2n) is 7.14. The first kappa shape index (κ1) is 15.7. The van der Waals surface area contributed by atoms with Crippen molar-refractivity contribution in [3.63, 3.8) is 0 Å². The molecule has 2 rings (SSSR count). The van der Waals surface area contributed by atoms with Crippen LogP contribution in [-0.2, 0) is 11.8 Å². The Balaban J connectivity index is 2.31. The molecule has 1 unspecified atom stereocenters. The molecule has 0 radical (unpaired) electrons. The Kier molecular flexibility index (Phi) is 4.66. The molecule has 2 N–H and O–H groups in total. The fourth-order valence-electron chi connectivity index (χ4n) is 2.33. The summed E-state index contributed by atoms with van der Waals surface area (Å²) in [6, 6.07) is 4.34. The van der Waals surface area contributed by atoms with Gasteiger partial charge in [-0.15, -0.1) is 0 Å². The second kappa shape index (κ2) is 5.95. The van der Waals surface area contributed by atoms with E-state index >= 15 is 0 Å². The van der Waals surface area contributed by atoms with E-state index in [0.717, 1.165) is 24.7 Å². The SMILES string of the molecule is CC(N)Cc1cc(Cl)c(OCC2CC2)c(C(C)(C)C)c1. The van der Waals surface area contributed by atoms with Gasteiger partial charge in [0.25, 0.3) is 0 Å². The summed E-state index contributed by atoms with van der Waals surface area (Å²) in [4.78, 5) is 0. The number of benzene rings is 1. The van der Waals surface area contributed by atoms with E-state index in [9.17, 15) is 0 Å². The molecule has 0 amide bonds. The van der Waals surface area contributed by atoms with Gasteiger partial charge in [-0.1, -0.05) is 38.4 Å². The van der Waals surface area contributed by atoms with E-state index in [0.29, 0.717) is 5.02 Å². The molecule has 1 fully saturated rings. The van der Waals surface area contributed by atoms with Gasteiger partial charge in [0.2, 0.25) is 0 Å². The summed E-state index contributed by atoms with van der Waals surface area (Å²) in [5.74, 6) is 1.59. The van der Waals surface area contributed by atoms with Crippen molar-refractivity contribution < 1.29 is 4.74 Å². The Morgan fingerprint density at radius 1 is 1.35 bits per heavy atom. The van der Waals surface area contributed by atoms with Crippen molar-refractivity contribution >= 4 is 11.6 Å². The monoisotopic (exact) mass is 295 g/mol. The molecule has 0 aliphatic heterocycles. The molecule has 3 heteroatoms. The topological polar surface area (TPSA) is 35.2 Å². The molecule has 1 saturated carbocycles. The Morgan fingerprint density at radius 2 is 2.00 bits per heavy atom. The van der Waals surface area contributed by atoms with Crippen molar-refractivity contribution in [2.45, 2.75) is 58.4 Å². The van der Waals surface area contributed by atoms with Gasteiger partial charge in [0, 0.05) is 11.6 Å². The minimum absolute atomic E-state index is 0.0103. The third-order valence-electron chi connectivity index (χ3n) is 3.63. The van der Waals surface area contributed by atoms with Gasteiger partial charge in [0.1, 0.15) is 5.75 Å². The Labute approximate surface area is 127 Å². The predicted molar refractivity (Wildman–Crippen MR) is 85.7 cm³/mol. The summed E-state index contributed by atoms with van der Waals surface area (Å²) in [6.07, 6.45) is 3.40. The van der Waals surface area contributed by atoms with Gasteiger partial charge in [-0.2, -0.15) is 0 Å². The first-order chi connectivity index (χ1) is 9.27. The number of rotatable bonds is 5. The van der Waals surface area contributed by atoms with E-state index in [1.165, 1.54) is 24.0 Å². The van der Waals surface area contributed by atoms with E-state index in [1.807, 2.05) is 13.0 Å². The predicted octanol–water partition coefficient (Wildman–Crippen LogP) is 4.32. The summed E-state index contributed by atoms with van der Waals surface area (Å²) in [5, 5.41) is 0.716. The molecule has 0 saturated heterocycles. The molecule has 1 aliphatic rings. The van der Waals surface area contributed by atoms with Crippen LogP contribution >= 0.6 is 11.6 Å². The van der Waals surface area contributed by atoms with Crippen LogP contribution in [0.1, 0.15) is 51.7 Å². The Morgan fingerprint density at radius 3 is 2.50 bits per heavy atom.